The van der Waals surface area contributed by atoms with E-state index >= 15 is 0 Å². The maximum Gasteiger partial charge on any atom is 0.175 e. The first-order chi connectivity index (χ1) is 11.1. The highest BCUT2D eigenvalue weighted by molar-refractivity contribution is 9.10. The van der Waals surface area contributed by atoms with Crippen molar-refractivity contribution in [2.45, 2.75) is 13.3 Å². The molecule has 0 amide bonds. The average molecular weight is 379 g/mol. The molecule has 0 radical (unpaired) electrons. The highest BCUT2D eigenvalue weighted by Gasteiger charge is 2.11. The van der Waals surface area contributed by atoms with E-state index < -0.39 is 0 Å². The van der Waals surface area contributed by atoms with Gasteiger partial charge in [0.15, 0.2) is 11.5 Å². The Bertz CT molecular complexity index is 670. The fraction of sp³-hybridized carbons (Fsp3) is 0.278. The van der Waals surface area contributed by atoms with E-state index in [1.54, 1.807) is 19.2 Å². The molecule has 122 valence electrons. The molecule has 0 saturated heterocycles. The van der Waals surface area contributed by atoms with Crippen molar-refractivity contribution in [3.8, 4) is 17.2 Å². The SMILES string of the molecule is COc1cc(C=O)cc(Br)c1OCCCOc1cccc(C)c1. The third kappa shape index (κ3) is 4.99. The van der Waals surface area contributed by atoms with Crippen LogP contribution in [0.4, 0.5) is 0 Å². The van der Waals surface area contributed by atoms with Gasteiger partial charge in [0.1, 0.15) is 12.0 Å². The number of hydrogen-bond donors (Lipinski definition) is 0. The zero-order valence-corrected chi connectivity index (χ0v) is 14.8. The van der Waals surface area contributed by atoms with Crippen LogP contribution in [0.5, 0.6) is 17.2 Å². The van der Waals surface area contributed by atoms with E-state index in [0.29, 0.717) is 34.7 Å². The summed E-state index contributed by atoms with van der Waals surface area (Å²) in [6, 6.07) is 11.3. The molecule has 5 heteroatoms. The second kappa shape index (κ2) is 8.58. The molecule has 0 fully saturated rings. The summed E-state index contributed by atoms with van der Waals surface area (Å²) in [7, 11) is 1.55. The van der Waals surface area contributed by atoms with Gasteiger partial charge in [0.2, 0.25) is 0 Å². The topological polar surface area (TPSA) is 44.8 Å². The largest absolute Gasteiger partial charge is 0.493 e. The molecule has 0 aromatic heterocycles. The van der Waals surface area contributed by atoms with Gasteiger partial charge in [-0.3, -0.25) is 4.79 Å². The maximum atomic E-state index is 10.9. The molecule has 0 aliphatic rings. The minimum atomic E-state index is 0.487. The van der Waals surface area contributed by atoms with E-state index in [1.165, 1.54) is 5.56 Å². The van der Waals surface area contributed by atoms with E-state index in [0.717, 1.165) is 18.5 Å². The zero-order valence-electron chi connectivity index (χ0n) is 13.2. The Balaban J connectivity index is 1.85. The number of carbonyl (C=O) groups excluding carboxylic acids is 1. The summed E-state index contributed by atoms with van der Waals surface area (Å²) in [5, 5.41) is 0. The van der Waals surface area contributed by atoms with Gasteiger partial charge < -0.3 is 14.2 Å². The molecule has 2 aromatic rings. The molecule has 2 aromatic carbocycles. The van der Waals surface area contributed by atoms with E-state index in [4.69, 9.17) is 14.2 Å². The molecule has 0 heterocycles. The van der Waals surface area contributed by atoms with Gasteiger partial charge in [0, 0.05) is 12.0 Å². The van der Waals surface area contributed by atoms with Crippen molar-refractivity contribution in [3.05, 3.63) is 52.0 Å². The van der Waals surface area contributed by atoms with Crippen molar-refractivity contribution in [1.82, 2.24) is 0 Å². The van der Waals surface area contributed by atoms with Gasteiger partial charge in [-0.25, -0.2) is 0 Å². The Morgan fingerprint density at radius 1 is 1.13 bits per heavy atom. The first kappa shape index (κ1) is 17.3. The smallest absolute Gasteiger partial charge is 0.175 e. The molecular weight excluding hydrogens is 360 g/mol. The molecule has 4 nitrogen and oxygen atoms in total. The number of hydrogen-bond acceptors (Lipinski definition) is 4. The number of halogens is 1. The second-order valence-corrected chi connectivity index (χ2v) is 5.87. The van der Waals surface area contributed by atoms with Crippen LogP contribution in [-0.4, -0.2) is 26.6 Å². The number of carbonyl (C=O) groups is 1. The third-order valence-corrected chi connectivity index (χ3v) is 3.77. The lowest BCUT2D eigenvalue weighted by atomic mass is 10.2. The Hall–Kier alpha value is -2.01. The molecule has 0 bridgehead atoms. The van der Waals surface area contributed by atoms with E-state index in [9.17, 15) is 4.79 Å². The fourth-order valence-electron chi connectivity index (χ4n) is 2.08. The van der Waals surface area contributed by atoms with Crippen LogP contribution in [0.3, 0.4) is 0 Å². The van der Waals surface area contributed by atoms with Crippen molar-refractivity contribution < 1.29 is 19.0 Å². The van der Waals surface area contributed by atoms with Gasteiger partial charge >= 0.3 is 0 Å². The molecule has 0 aliphatic heterocycles. The average Bonchev–Trinajstić information content (AvgIpc) is 2.55. The molecule has 2 rings (SSSR count). The van der Waals surface area contributed by atoms with Gasteiger partial charge in [-0.1, -0.05) is 12.1 Å². The maximum absolute atomic E-state index is 10.9. The quantitative estimate of drug-likeness (QED) is 0.503. The van der Waals surface area contributed by atoms with Gasteiger partial charge in [0.05, 0.1) is 24.8 Å². The predicted octanol–water partition coefficient (Wildman–Crippen LogP) is 4.43. The summed E-state index contributed by atoms with van der Waals surface area (Å²) in [5.41, 5.74) is 1.70. The number of benzene rings is 2. The predicted molar refractivity (Wildman–Crippen MR) is 92.9 cm³/mol. The summed E-state index contributed by atoms with van der Waals surface area (Å²) in [5.74, 6) is 1.98. The Kier molecular flexibility index (Phi) is 6.47. The summed E-state index contributed by atoms with van der Waals surface area (Å²) in [6.07, 6.45) is 1.51. The zero-order chi connectivity index (χ0) is 16.7. The summed E-state index contributed by atoms with van der Waals surface area (Å²) < 4.78 is 17.4. The third-order valence-electron chi connectivity index (χ3n) is 3.18. The molecule has 0 aliphatic carbocycles. The van der Waals surface area contributed by atoms with E-state index in [-0.39, 0.29) is 0 Å². The second-order valence-electron chi connectivity index (χ2n) is 5.02. The minimum Gasteiger partial charge on any atom is -0.493 e. The lowest BCUT2D eigenvalue weighted by molar-refractivity contribution is 0.112. The van der Waals surface area contributed by atoms with Gasteiger partial charge in [-0.2, -0.15) is 0 Å². The normalized spacial score (nSPS) is 10.2. The molecule has 0 N–H and O–H groups in total. The number of aldehydes is 1. The van der Waals surface area contributed by atoms with Crippen molar-refractivity contribution in [2.24, 2.45) is 0 Å². The van der Waals surface area contributed by atoms with Crippen LogP contribution in [0.1, 0.15) is 22.3 Å². The number of aryl methyl sites for hydroxylation is 1. The lowest BCUT2D eigenvalue weighted by Gasteiger charge is -2.13. The first-order valence-corrected chi connectivity index (χ1v) is 8.08. The molecule has 23 heavy (non-hydrogen) atoms. The Morgan fingerprint density at radius 3 is 2.61 bits per heavy atom. The van der Waals surface area contributed by atoms with Crippen LogP contribution >= 0.6 is 15.9 Å². The molecular formula is C18H19BrO4. The minimum absolute atomic E-state index is 0.487. The Morgan fingerprint density at radius 2 is 1.91 bits per heavy atom. The first-order valence-electron chi connectivity index (χ1n) is 7.29. The van der Waals surface area contributed by atoms with Crippen LogP contribution < -0.4 is 14.2 Å². The van der Waals surface area contributed by atoms with Crippen LogP contribution in [0.15, 0.2) is 40.9 Å². The van der Waals surface area contributed by atoms with Gasteiger partial charge in [-0.15, -0.1) is 0 Å². The standard InChI is InChI=1S/C18H19BrO4/c1-13-5-3-6-15(9-13)22-7-4-8-23-18-16(19)10-14(12-20)11-17(18)21-2/h3,5-6,9-12H,4,7-8H2,1-2H3. The summed E-state index contributed by atoms with van der Waals surface area (Å²) in [6.45, 7) is 3.08. The summed E-state index contributed by atoms with van der Waals surface area (Å²) in [4.78, 5) is 10.9. The van der Waals surface area contributed by atoms with E-state index in [1.807, 2.05) is 31.2 Å². The van der Waals surface area contributed by atoms with Crippen LogP contribution in [-0.2, 0) is 0 Å². The Labute approximate surface area is 144 Å². The van der Waals surface area contributed by atoms with Gasteiger partial charge in [0.25, 0.3) is 0 Å². The highest BCUT2D eigenvalue weighted by atomic mass is 79.9. The monoisotopic (exact) mass is 378 g/mol. The summed E-state index contributed by atoms with van der Waals surface area (Å²) >= 11 is 3.40. The van der Waals surface area contributed by atoms with E-state index in [2.05, 4.69) is 15.9 Å². The number of methoxy groups -OCH3 is 1. The number of ether oxygens (including phenoxy) is 3. The number of rotatable bonds is 8. The van der Waals surface area contributed by atoms with Crippen molar-refractivity contribution >= 4 is 22.2 Å². The fourth-order valence-corrected chi connectivity index (χ4v) is 2.65. The highest BCUT2D eigenvalue weighted by Crippen LogP contribution is 2.36. The van der Waals surface area contributed by atoms with Crippen molar-refractivity contribution in [2.75, 3.05) is 20.3 Å². The molecule has 0 spiro atoms. The van der Waals surface area contributed by atoms with Crippen LogP contribution in [0.25, 0.3) is 0 Å². The van der Waals surface area contributed by atoms with Crippen molar-refractivity contribution in [1.29, 1.82) is 0 Å². The molecule has 0 saturated carbocycles. The van der Waals surface area contributed by atoms with Gasteiger partial charge in [-0.05, 0) is 52.7 Å². The molecule has 0 unspecified atom stereocenters. The van der Waals surface area contributed by atoms with Crippen LogP contribution in [0, 0.1) is 6.92 Å². The van der Waals surface area contributed by atoms with Crippen molar-refractivity contribution in [3.63, 3.8) is 0 Å². The molecule has 0 atom stereocenters. The lowest BCUT2D eigenvalue weighted by Crippen LogP contribution is -2.06. The van der Waals surface area contributed by atoms with Crippen LogP contribution in [0.2, 0.25) is 0 Å².